The minimum Gasteiger partial charge on any atom is -0.368 e. The molecule has 0 aliphatic carbocycles. The Labute approximate surface area is 135 Å². The molecular weight excluding hydrogens is 290 g/mol. The van der Waals surface area contributed by atoms with Crippen molar-refractivity contribution in [2.75, 3.05) is 36.4 Å². The maximum absolute atomic E-state index is 12.3. The second-order valence-corrected chi connectivity index (χ2v) is 5.30. The highest BCUT2D eigenvalue weighted by Gasteiger charge is 2.21. The lowest BCUT2D eigenvalue weighted by atomic mass is 10.2. The lowest BCUT2D eigenvalue weighted by Crippen LogP contribution is -2.50. The van der Waals surface area contributed by atoms with Crippen LogP contribution in [0.3, 0.4) is 0 Å². The Hall–Kier alpha value is -3.07. The molecule has 2 heterocycles. The molecule has 1 fully saturated rings. The van der Waals surface area contributed by atoms with Crippen LogP contribution in [0.15, 0.2) is 48.8 Å². The third kappa shape index (κ3) is 3.58. The third-order valence-electron chi connectivity index (χ3n) is 3.86. The Morgan fingerprint density at radius 3 is 2.30 bits per heavy atom. The van der Waals surface area contributed by atoms with Crippen molar-refractivity contribution in [1.29, 1.82) is 5.26 Å². The van der Waals surface area contributed by atoms with Crippen LogP contribution in [0.4, 0.5) is 16.2 Å². The van der Waals surface area contributed by atoms with Crippen LogP contribution in [0.1, 0.15) is 5.56 Å². The van der Waals surface area contributed by atoms with Crippen LogP contribution in [0, 0.1) is 11.3 Å². The highest BCUT2D eigenvalue weighted by molar-refractivity contribution is 5.89. The number of nitrogens with one attached hydrogen (secondary N) is 1. The van der Waals surface area contributed by atoms with Gasteiger partial charge in [0.2, 0.25) is 0 Å². The number of nitrogens with zero attached hydrogens (tertiary/aromatic N) is 4. The van der Waals surface area contributed by atoms with Gasteiger partial charge in [-0.1, -0.05) is 0 Å². The fourth-order valence-corrected chi connectivity index (χ4v) is 2.55. The van der Waals surface area contributed by atoms with Crippen LogP contribution < -0.4 is 10.2 Å². The fourth-order valence-electron chi connectivity index (χ4n) is 2.55. The van der Waals surface area contributed by atoms with Crippen molar-refractivity contribution in [3.8, 4) is 6.07 Å². The Kier molecular flexibility index (Phi) is 4.39. The van der Waals surface area contributed by atoms with Gasteiger partial charge in [-0.05, 0) is 36.4 Å². The number of piperazine rings is 1. The first-order valence-corrected chi connectivity index (χ1v) is 7.47. The van der Waals surface area contributed by atoms with Crippen molar-refractivity contribution in [2.24, 2.45) is 0 Å². The number of urea groups is 1. The number of amides is 2. The van der Waals surface area contributed by atoms with Crippen LogP contribution in [-0.4, -0.2) is 42.1 Å². The molecule has 0 unspecified atom stereocenters. The number of pyridine rings is 1. The molecule has 6 heteroatoms. The molecule has 116 valence electrons. The molecule has 3 rings (SSSR count). The number of rotatable bonds is 2. The molecule has 1 aliphatic heterocycles. The normalized spacial score (nSPS) is 14.2. The van der Waals surface area contributed by atoms with E-state index in [0.29, 0.717) is 24.3 Å². The Morgan fingerprint density at radius 2 is 1.70 bits per heavy atom. The number of nitriles is 1. The monoisotopic (exact) mass is 307 g/mol. The lowest BCUT2D eigenvalue weighted by molar-refractivity contribution is 0.208. The van der Waals surface area contributed by atoms with Gasteiger partial charge >= 0.3 is 6.03 Å². The molecule has 6 nitrogen and oxygen atoms in total. The standard InChI is InChI=1S/C17H17N5O/c18-13-14-1-3-15(4-2-14)20-17(23)22-11-9-21(10-12-22)16-5-7-19-8-6-16/h1-8H,9-12H2,(H,20,23). The first-order valence-electron chi connectivity index (χ1n) is 7.47. The number of carbonyl (C=O) groups excluding carboxylic acids is 1. The van der Waals surface area contributed by atoms with Gasteiger partial charge in [0, 0.05) is 49.9 Å². The van der Waals surface area contributed by atoms with Gasteiger partial charge < -0.3 is 15.1 Å². The zero-order chi connectivity index (χ0) is 16.1. The van der Waals surface area contributed by atoms with Crippen molar-refractivity contribution < 1.29 is 4.79 Å². The second-order valence-electron chi connectivity index (χ2n) is 5.30. The van der Waals surface area contributed by atoms with Gasteiger partial charge in [0.1, 0.15) is 0 Å². The van der Waals surface area contributed by atoms with E-state index in [9.17, 15) is 4.79 Å². The summed E-state index contributed by atoms with van der Waals surface area (Å²) >= 11 is 0. The summed E-state index contributed by atoms with van der Waals surface area (Å²) in [6.07, 6.45) is 3.55. The van der Waals surface area contributed by atoms with Gasteiger partial charge in [-0.3, -0.25) is 4.98 Å². The molecule has 0 bridgehead atoms. The quantitative estimate of drug-likeness (QED) is 0.924. The van der Waals surface area contributed by atoms with Crippen molar-refractivity contribution >= 4 is 17.4 Å². The zero-order valence-corrected chi connectivity index (χ0v) is 12.6. The molecule has 1 aromatic heterocycles. The average molecular weight is 307 g/mol. The lowest BCUT2D eigenvalue weighted by Gasteiger charge is -2.36. The Balaban J connectivity index is 1.55. The second kappa shape index (κ2) is 6.79. The Morgan fingerprint density at radius 1 is 1.04 bits per heavy atom. The molecule has 0 saturated carbocycles. The van der Waals surface area contributed by atoms with Gasteiger partial charge in [0.25, 0.3) is 0 Å². The third-order valence-corrected chi connectivity index (χ3v) is 3.86. The van der Waals surface area contributed by atoms with Gasteiger partial charge in [-0.15, -0.1) is 0 Å². The van der Waals surface area contributed by atoms with E-state index >= 15 is 0 Å². The number of carbonyl (C=O) groups is 1. The minimum absolute atomic E-state index is 0.107. The van der Waals surface area contributed by atoms with E-state index in [2.05, 4.69) is 21.3 Å². The summed E-state index contributed by atoms with van der Waals surface area (Å²) in [4.78, 5) is 20.4. The molecule has 1 saturated heterocycles. The summed E-state index contributed by atoms with van der Waals surface area (Å²) in [6.45, 7) is 2.93. The molecule has 0 atom stereocenters. The van der Waals surface area contributed by atoms with E-state index in [-0.39, 0.29) is 6.03 Å². The first kappa shape index (κ1) is 14.9. The van der Waals surface area contributed by atoms with Gasteiger partial charge in [0.05, 0.1) is 11.6 Å². The molecule has 2 aromatic rings. The van der Waals surface area contributed by atoms with E-state index in [1.807, 2.05) is 12.1 Å². The number of hydrogen-bond acceptors (Lipinski definition) is 4. The molecule has 1 aliphatic rings. The summed E-state index contributed by atoms with van der Waals surface area (Å²) in [6, 6.07) is 12.8. The summed E-state index contributed by atoms with van der Waals surface area (Å²) in [5.41, 5.74) is 2.41. The van der Waals surface area contributed by atoms with E-state index in [0.717, 1.165) is 18.8 Å². The van der Waals surface area contributed by atoms with Crippen LogP contribution in [0.2, 0.25) is 0 Å². The number of hydrogen-bond donors (Lipinski definition) is 1. The predicted molar refractivity (Wildman–Crippen MR) is 88.2 cm³/mol. The highest BCUT2D eigenvalue weighted by atomic mass is 16.2. The van der Waals surface area contributed by atoms with Crippen LogP contribution in [-0.2, 0) is 0 Å². The SMILES string of the molecule is N#Cc1ccc(NC(=O)N2CCN(c3ccncc3)CC2)cc1. The highest BCUT2D eigenvalue weighted by Crippen LogP contribution is 2.16. The van der Waals surface area contributed by atoms with Crippen LogP contribution >= 0.6 is 0 Å². The number of anilines is 2. The van der Waals surface area contributed by atoms with Gasteiger partial charge in [-0.25, -0.2) is 4.79 Å². The van der Waals surface area contributed by atoms with Crippen LogP contribution in [0.25, 0.3) is 0 Å². The molecular formula is C17H17N5O. The maximum atomic E-state index is 12.3. The number of aromatic nitrogens is 1. The maximum Gasteiger partial charge on any atom is 0.321 e. The van der Waals surface area contributed by atoms with Gasteiger partial charge in [-0.2, -0.15) is 5.26 Å². The molecule has 0 spiro atoms. The largest absolute Gasteiger partial charge is 0.368 e. The molecule has 2 amide bonds. The molecule has 23 heavy (non-hydrogen) atoms. The van der Waals surface area contributed by atoms with Crippen molar-refractivity contribution in [3.05, 3.63) is 54.4 Å². The molecule has 1 N–H and O–H groups in total. The molecule has 0 radical (unpaired) electrons. The van der Waals surface area contributed by atoms with E-state index in [1.54, 1.807) is 41.6 Å². The smallest absolute Gasteiger partial charge is 0.321 e. The first-order chi connectivity index (χ1) is 11.3. The fraction of sp³-hybridized carbons (Fsp3) is 0.235. The van der Waals surface area contributed by atoms with E-state index in [1.165, 1.54) is 0 Å². The predicted octanol–water partition coefficient (Wildman–Crippen LogP) is 2.31. The Bertz CT molecular complexity index is 700. The summed E-state index contributed by atoms with van der Waals surface area (Å²) < 4.78 is 0. The topological polar surface area (TPSA) is 72.3 Å². The minimum atomic E-state index is -0.107. The van der Waals surface area contributed by atoms with Crippen LogP contribution in [0.5, 0.6) is 0 Å². The van der Waals surface area contributed by atoms with Crippen molar-refractivity contribution in [3.63, 3.8) is 0 Å². The van der Waals surface area contributed by atoms with Crippen molar-refractivity contribution in [2.45, 2.75) is 0 Å². The van der Waals surface area contributed by atoms with E-state index in [4.69, 9.17) is 5.26 Å². The van der Waals surface area contributed by atoms with E-state index < -0.39 is 0 Å². The van der Waals surface area contributed by atoms with Crippen molar-refractivity contribution in [1.82, 2.24) is 9.88 Å². The summed E-state index contributed by atoms with van der Waals surface area (Å²) in [7, 11) is 0. The number of benzene rings is 1. The average Bonchev–Trinajstić information content (AvgIpc) is 2.63. The molecule has 1 aromatic carbocycles. The zero-order valence-electron chi connectivity index (χ0n) is 12.6. The summed E-state index contributed by atoms with van der Waals surface area (Å²) in [5, 5.41) is 11.6. The van der Waals surface area contributed by atoms with Gasteiger partial charge in [0.15, 0.2) is 0 Å². The summed E-state index contributed by atoms with van der Waals surface area (Å²) in [5.74, 6) is 0.